The molecule has 0 radical (unpaired) electrons. The minimum absolute atomic E-state index is 0.00926. The van der Waals surface area contributed by atoms with Gasteiger partial charge in [0.15, 0.2) is 0 Å². The van der Waals surface area contributed by atoms with Crippen LogP contribution in [0, 0.1) is 0 Å². The van der Waals surface area contributed by atoms with Crippen molar-refractivity contribution in [2.24, 2.45) is 0 Å². The van der Waals surface area contributed by atoms with Crippen LogP contribution in [0.5, 0.6) is 5.75 Å². The molecule has 1 aliphatic carbocycles. The van der Waals surface area contributed by atoms with Gasteiger partial charge in [-0.2, -0.15) is 0 Å². The van der Waals surface area contributed by atoms with Gasteiger partial charge in [-0.05, 0) is 42.2 Å². The Bertz CT molecular complexity index is 896. The SMILES string of the molecule is COc1cccc([C@H](CC(=O)NC2CC2)c2c[nH]c3ccccc23)c1. The van der Waals surface area contributed by atoms with E-state index in [4.69, 9.17) is 4.74 Å². The first-order valence-corrected chi connectivity index (χ1v) is 8.74. The van der Waals surface area contributed by atoms with E-state index in [0.29, 0.717) is 12.5 Å². The van der Waals surface area contributed by atoms with E-state index < -0.39 is 0 Å². The number of carbonyl (C=O) groups excluding carboxylic acids is 1. The molecule has 1 amide bonds. The Morgan fingerprint density at radius 3 is 2.88 bits per heavy atom. The quantitative estimate of drug-likeness (QED) is 0.716. The van der Waals surface area contributed by atoms with Crippen molar-refractivity contribution in [1.82, 2.24) is 10.3 Å². The third-order valence-electron chi connectivity index (χ3n) is 4.82. The van der Waals surface area contributed by atoms with Gasteiger partial charge in [-0.25, -0.2) is 0 Å². The van der Waals surface area contributed by atoms with E-state index in [9.17, 15) is 4.79 Å². The number of hydrogen-bond donors (Lipinski definition) is 2. The minimum Gasteiger partial charge on any atom is -0.497 e. The van der Waals surface area contributed by atoms with Crippen LogP contribution in [0.25, 0.3) is 10.9 Å². The number of H-pyrrole nitrogens is 1. The van der Waals surface area contributed by atoms with E-state index in [1.165, 1.54) is 0 Å². The Hall–Kier alpha value is -2.75. The summed E-state index contributed by atoms with van der Waals surface area (Å²) >= 11 is 0. The van der Waals surface area contributed by atoms with Crippen LogP contribution in [0.1, 0.15) is 36.3 Å². The van der Waals surface area contributed by atoms with Crippen LogP contribution in [-0.4, -0.2) is 24.0 Å². The summed E-state index contributed by atoms with van der Waals surface area (Å²) in [4.78, 5) is 15.8. The van der Waals surface area contributed by atoms with Gasteiger partial charge in [0.25, 0.3) is 0 Å². The van der Waals surface area contributed by atoms with Crippen molar-refractivity contribution in [2.45, 2.75) is 31.2 Å². The second-order valence-corrected chi connectivity index (χ2v) is 6.66. The third-order valence-corrected chi connectivity index (χ3v) is 4.82. The molecule has 0 bridgehead atoms. The lowest BCUT2D eigenvalue weighted by Gasteiger charge is -2.18. The zero-order valence-electron chi connectivity index (χ0n) is 14.3. The van der Waals surface area contributed by atoms with Crippen LogP contribution in [0.4, 0.5) is 0 Å². The molecule has 3 aromatic rings. The highest BCUT2D eigenvalue weighted by Crippen LogP contribution is 2.35. The molecule has 1 heterocycles. The lowest BCUT2D eigenvalue weighted by atomic mass is 9.88. The van der Waals surface area contributed by atoms with Crippen LogP contribution in [0.15, 0.2) is 54.7 Å². The number of nitrogens with one attached hydrogen (secondary N) is 2. The monoisotopic (exact) mass is 334 g/mol. The third kappa shape index (κ3) is 3.38. The zero-order chi connectivity index (χ0) is 17.2. The van der Waals surface area contributed by atoms with Crippen LogP contribution in [0.2, 0.25) is 0 Å². The predicted molar refractivity (Wildman–Crippen MR) is 98.9 cm³/mol. The van der Waals surface area contributed by atoms with Gasteiger partial charge in [-0.1, -0.05) is 30.3 Å². The molecule has 2 aromatic carbocycles. The predicted octanol–water partition coefficient (Wildman–Crippen LogP) is 3.98. The van der Waals surface area contributed by atoms with Crippen LogP contribution in [0.3, 0.4) is 0 Å². The summed E-state index contributed by atoms with van der Waals surface area (Å²) in [7, 11) is 1.67. The van der Waals surface area contributed by atoms with Crippen LogP contribution < -0.4 is 10.1 Å². The summed E-state index contributed by atoms with van der Waals surface area (Å²) in [6.45, 7) is 0. The van der Waals surface area contributed by atoms with Gasteiger partial charge in [0, 0.05) is 35.5 Å². The molecule has 1 saturated carbocycles. The van der Waals surface area contributed by atoms with Crippen molar-refractivity contribution in [3.8, 4) is 5.75 Å². The maximum Gasteiger partial charge on any atom is 0.221 e. The average Bonchev–Trinajstić information content (AvgIpc) is 3.35. The van der Waals surface area contributed by atoms with Crippen molar-refractivity contribution < 1.29 is 9.53 Å². The molecule has 25 heavy (non-hydrogen) atoms. The number of fused-ring (bicyclic) bond motifs is 1. The molecule has 0 saturated heterocycles. The fraction of sp³-hybridized carbons (Fsp3) is 0.286. The average molecular weight is 334 g/mol. The van der Waals surface area contributed by atoms with Crippen LogP contribution in [-0.2, 0) is 4.79 Å². The van der Waals surface area contributed by atoms with Crippen molar-refractivity contribution in [3.05, 3.63) is 65.9 Å². The molecule has 0 aliphatic heterocycles. The van der Waals surface area contributed by atoms with E-state index in [-0.39, 0.29) is 11.8 Å². The highest BCUT2D eigenvalue weighted by Gasteiger charge is 2.27. The fourth-order valence-electron chi connectivity index (χ4n) is 3.35. The van der Waals surface area contributed by atoms with Gasteiger partial charge in [0.2, 0.25) is 5.91 Å². The van der Waals surface area contributed by atoms with Crippen LogP contribution >= 0.6 is 0 Å². The van der Waals surface area contributed by atoms with E-state index in [1.807, 2.05) is 36.5 Å². The summed E-state index contributed by atoms with van der Waals surface area (Å²) in [5.74, 6) is 0.913. The normalized spacial score (nSPS) is 15.1. The number of para-hydroxylation sites is 1. The second-order valence-electron chi connectivity index (χ2n) is 6.66. The summed E-state index contributed by atoms with van der Waals surface area (Å²) in [5, 5.41) is 4.27. The first-order valence-electron chi connectivity index (χ1n) is 8.74. The van der Waals surface area contributed by atoms with Gasteiger partial charge in [-0.3, -0.25) is 4.79 Å². The number of ether oxygens (including phenoxy) is 1. The largest absolute Gasteiger partial charge is 0.497 e. The molecule has 4 rings (SSSR count). The van der Waals surface area contributed by atoms with E-state index >= 15 is 0 Å². The number of aromatic amines is 1. The topological polar surface area (TPSA) is 54.1 Å². The molecule has 2 N–H and O–H groups in total. The Kier molecular flexibility index (Phi) is 4.18. The number of amides is 1. The molecular weight excluding hydrogens is 312 g/mol. The number of aromatic nitrogens is 1. The smallest absolute Gasteiger partial charge is 0.221 e. The van der Waals surface area contributed by atoms with Crippen molar-refractivity contribution >= 4 is 16.8 Å². The Morgan fingerprint density at radius 1 is 1.24 bits per heavy atom. The van der Waals surface area contributed by atoms with Crippen molar-refractivity contribution in [2.75, 3.05) is 7.11 Å². The number of benzene rings is 2. The van der Waals surface area contributed by atoms with Gasteiger partial charge in [-0.15, -0.1) is 0 Å². The number of hydrogen-bond acceptors (Lipinski definition) is 2. The summed E-state index contributed by atoms with van der Waals surface area (Å²) in [5.41, 5.74) is 3.33. The summed E-state index contributed by atoms with van der Waals surface area (Å²) in [6, 6.07) is 16.6. The van der Waals surface area contributed by atoms with E-state index in [1.54, 1.807) is 7.11 Å². The van der Waals surface area contributed by atoms with Gasteiger partial charge in [0.05, 0.1) is 7.11 Å². The maximum atomic E-state index is 12.5. The first kappa shape index (κ1) is 15.8. The van der Waals surface area contributed by atoms with Gasteiger partial charge < -0.3 is 15.0 Å². The van der Waals surface area contributed by atoms with Gasteiger partial charge >= 0.3 is 0 Å². The minimum atomic E-state index is -0.00926. The zero-order valence-corrected chi connectivity index (χ0v) is 14.3. The Morgan fingerprint density at radius 2 is 2.08 bits per heavy atom. The van der Waals surface area contributed by atoms with E-state index in [2.05, 4.69) is 28.5 Å². The van der Waals surface area contributed by atoms with Crippen molar-refractivity contribution in [3.63, 3.8) is 0 Å². The van der Waals surface area contributed by atoms with Gasteiger partial charge in [0.1, 0.15) is 5.75 Å². The molecule has 1 atom stereocenters. The molecule has 128 valence electrons. The standard InChI is InChI=1S/C21H22N2O2/c1-25-16-6-4-5-14(11-16)18(12-21(24)23-15-9-10-15)19-13-22-20-8-3-2-7-17(19)20/h2-8,11,13,15,18,22H,9-10,12H2,1H3,(H,23,24)/t18-/m0/s1. The first-order chi connectivity index (χ1) is 12.2. The highest BCUT2D eigenvalue weighted by molar-refractivity contribution is 5.86. The number of rotatable bonds is 6. The molecule has 1 aromatic heterocycles. The molecular formula is C21H22N2O2. The molecule has 4 heteroatoms. The Balaban J connectivity index is 1.72. The number of methoxy groups -OCH3 is 1. The lowest BCUT2D eigenvalue weighted by molar-refractivity contribution is -0.121. The summed E-state index contributed by atoms with van der Waals surface area (Å²) < 4.78 is 5.38. The lowest BCUT2D eigenvalue weighted by Crippen LogP contribution is -2.27. The molecule has 0 spiro atoms. The van der Waals surface area contributed by atoms with Crippen molar-refractivity contribution in [1.29, 1.82) is 0 Å². The molecule has 4 nitrogen and oxygen atoms in total. The fourth-order valence-corrected chi connectivity index (χ4v) is 3.35. The molecule has 1 fully saturated rings. The van der Waals surface area contributed by atoms with E-state index in [0.717, 1.165) is 40.6 Å². The highest BCUT2D eigenvalue weighted by atomic mass is 16.5. The Labute approximate surface area is 147 Å². The summed E-state index contributed by atoms with van der Waals surface area (Å²) in [6.07, 6.45) is 4.66. The number of carbonyl (C=O) groups is 1. The molecule has 0 unspecified atom stereocenters. The maximum absolute atomic E-state index is 12.5. The second kappa shape index (κ2) is 6.63. The molecule has 1 aliphatic rings.